The van der Waals surface area contributed by atoms with Gasteiger partial charge in [-0.05, 0) is 73.2 Å². The van der Waals surface area contributed by atoms with Crippen LogP contribution in [0, 0.1) is 6.92 Å². The van der Waals surface area contributed by atoms with Crippen LogP contribution in [0.2, 0.25) is 0 Å². The number of aromatic nitrogens is 5. The zero-order chi connectivity index (χ0) is 22.4. The summed E-state index contributed by atoms with van der Waals surface area (Å²) in [7, 11) is 0. The van der Waals surface area contributed by atoms with E-state index in [-0.39, 0.29) is 11.6 Å². The number of fused-ring (bicyclic) bond motifs is 2. The largest absolute Gasteiger partial charge is 0.322 e. The minimum absolute atomic E-state index is 0.0385. The van der Waals surface area contributed by atoms with Gasteiger partial charge in [0.25, 0.3) is 5.56 Å². The predicted molar refractivity (Wildman–Crippen MR) is 127 cm³/mol. The fourth-order valence-electron chi connectivity index (χ4n) is 6.26. The highest BCUT2D eigenvalue weighted by atomic mass is 16.1. The van der Waals surface area contributed by atoms with E-state index in [1.54, 1.807) is 0 Å². The molecule has 1 aliphatic carbocycles. The maximum Gasteiger partial charge on any atom is 0.253 e. The molecule has 8 heteroatoms. The Balaban J connectivity index is 1.46. The number of tetrazole rings is 1. The van der Waals surface area contributed by atoms with Crippen LogP contribution in [0.3, 0.4) is 0 Å². The van der Waals surface area contributed by atoms with Crippen molar-refractivity contribution in [1.29, 1.82) is 0 Å². The van der Waals surface area contributed by atoms with Gasteiger partial charge in [-0.3, -0.25) is 14.6 Å². The second kappa shape index (κ2) is 8.65. The van der Waals surface area contributed by atoms with E-state index in [9.17, 15) is 4.79 Å². The Hall–Kier alpha value is -2.58. The molecule has 0 unspecified atom stereocenters. The predicted octanol–water partition coefficient (Wildman–Crippen LogP) is 3.20. The number of nitrogens with one attached hydrogen (secondary N) is 1. The molecule has 1 saturated carbocycles. The topological polar surface area (TPSA) is 82.9 Å². The van der Waals surface area contributed by atoms with Gasteiger partial charge in [-0.1, -0.05) is 30.9 Å². The van der Waals surface area contributed by atoms with Gasteiger partial charge in [0.05, 0.1) is 6.04 Å². The van der Waals surface area contributed by atoms with Crippen molar-refractivity contribution in [2.24, 2.45) is 0 Å². The number of pyridine rings is 1. The molecule has 8 nitrogen and oxygen atoms in total. The first kappa shape index (κ1) is 21.0. The Kier molecular flexibility index (Phi) is 5.50. The average molecular weight is 448 g/mol. The molecule has 2 aromatic heterocycles. The Morgan fingerprint density at radius 1 is 1.00 bits per heavy atom. The molecular weight excluding hydrogens is 414 g/mol. The number of aromatic amines is 1. The van der Waals surface area contributed by atoms with Crippen molar-refractivity contribution in [3.8, 4) is 0 Å². The van der Waals surface area contributed by atoms with E-state index in [2.05, 4.69) is 49.4 Å². The van der Waals surface area contributed by atoms with E-state index in [1.807, 2.05) is 16.8 Å². The molecule has 2 atom stereocenters. The number of piperazine rings is 1. The van der Waals surface area contributed by atoms with E-state index in [0.717, 1.165) is 54.8 Å². The molecule has 0 radical (unpaired) electrons. The molecule has 1 N–H and O–H groups in total. The summed E-state index contributed by atoms with van der Waals surface area (Å²) in [6.45, 7) is 6.19. The van der Waals surface area contributed by atoms with Crippen molar-refractivity contribution in [2.45, 2.75) is 70.0 Å². The van der Waals surface area contributed by atoms with Crippen LogP contribution in [-0.4, -0.2) is 67.2 Å². The molecule has 0 spiro atoms. The van der Waals surface area contributed by atoms with Gasteiger partial charge >= 0.3 is 0 Å². The number of rotatable bonds is 4. The van der Waals surface area contributed by atoms with Crippen LogP contribution in [0.25, 0.3) is 10.9 Å². The summed E-state index contributed by atoms with van der Waals surface area (Å²) >= 11 is 0. The van der Waals surface area contributed by atoms with Gasteiger partial charge < -0.3 is 4.98 Å². The Morgan fingerprint density at radius 3 is 2.73 bits per heavy atom. The molecule has 3 aliphatic rings. The van der Waals surface area contributed by atoms with Crippen LogP contribution in [0.1, 0.15) is 74.0 Å². The zero-order valence-electron chi connectivity index (χ0n) is 19.4. The molecule has 3 fully saturated rings. The number of aryl methyl sites for hydroxylation is 1. The minimum Gasteiger partial charge on any atom is -0.322 e. The van der Waals surface area contributed by atoms with Crippen molar-refractivity contribution in [2.75, 3.05) is 26.2 Å². The summed E-state index contributed by atoms with van der Waals surface area (Å²) in [6.07, 6.45) is 8.41. The second-order valence-electron chi connectivity index (χ2n) is 10.1. The van der Waals surface area contributed by atoms with Crippen molar-refractivity contribution in [3.63, 3.8) is 0 Å². The number of hydrogen-bond acceptors (Lipinski definition) is 6. The van der Waals surface area contributed by atoms with Crippen molar-refractivity contribution >= 4 is 10.9 Å². The van der Waals surface area contributed by atoms with Crippen LogP contribution in [0.15, 0.2) is 29.1 Å². The third-order valence-corrected chi connectivity index (χ3v) is 7.99. The lowest BCUT2D eigenvalue weighted by Gasteiger charge is -2.41. The highest BCUT2D eigenvalue weighted by Gasteiger charge is 2.38. The summed E-state index contributed by atoms with van der Waals surface area (Å²) in [5, 5.41) is 14.2. The first-order valence-electron chi connectivity index (χ1n) is 12.6. The number of H-pyrrole nitrogens is 1. The smallest absolute Gasteiger partial charge is 0.253 e. The van der Waals surface area contributed by atoms with Gasteiger partial charge in [-0.2, -0.15) is 0 Å². The molecule has 2 aliphatic heterocycles. The SMILES string of the molecule is Cc1ccc2[nH]c(=O)c([C@H](c3nnnn3C3CCCCC3)N3CCN4CCC[C@@H]4C3)cc2c1. The van der Waals surface area contributed by atoms with Crippen molar-refractivity contribution in [1.82, 2.24) is 35.0 Å². The number of hydrogen-bond donors (Lipinski definition) is 1. The highest BCUT2D eigenvalue weighted by molar-refractivity contribution is 5.79. The summed E-state index contributed by atoms with van der Waals surface area (Å²) in [4.78, 5) is 21.6. The second-order valence-corrected chi connectivity index (χ2v) is 10.1. The number of nitrogens with zero attached hydrogens (tertiary/aromatic N) is 6. The molecule has 0 bridgehead atoms. The molecule has 174 valence electrons. The van der Waals surface area contributed by atoms with Crippen molar-refractivity contribution in [3.05, 3.63) is 51.6 Å². The minimum atomic E-state index is -0.238. The van der Waals surface area contributed by atoms with Crippen LogP contribution in [0.5, 0.6) is 0 Å². The summed E-state index contributed by atoms with van der Waals surface area (Å²) in [5.74, 6) is 0.825. The Labute approximate surface area is 194 Å². The fourth-order valence-corrected chi connectivity index (χ4v) is 6.26. The van der Waals surface area contributed by atoms with Crippen LogP contribution in [0.4, 0.5) is 0 Å². The Morgan fingerprint density at radius 2 is 1.85 bits per heavy atom. The van der Waals surface area contributed by atoms with Gasteiger partial charge in [0.1, 0.15) is 6.04 Å². The quantitative estimate of drug-likeness (QED) is 0.661. The molecule has 6 rings (SSSR count). The van der Waals surface area contributed by atoms with Gasteiger partial charge in [-0.25, -0.2) is 4.68 Å². The zero-order valence-corrected chi connectivity index (χ0v) is 19.4. The van der Waals surface area contributed by atoms with Crippen LogP contribution in [-0.2, 0) is 0 Å². The monoisotopic (exact) mass is 447 g/mol. The van der Waals surface area contributed by atoms with Gasteiger partial charge in [0.2, 0.25) is 0 Å². The molecule has 33 heavy (non-hydrogen) atoms. The van der Waals surface area contributed by atoms with E-state index in [0.29, 0.717) is 12.1 Å². The summed E-state index contributed by atoms with van der Waals surface area (Å²) in [6, 6.07) is 8.89. The molecule has 0 amide bonds. The van der Waals surface area contributed by atoms with Gasteiger partial charge in [-0.15, -0.1) is 5.10 Å². The van der Waals surface area contributed by atoms with Crippen LogP contribution < -0.4 is 5.56 Å². The molecular formula is C25H33N7O. The molecule has 1 aromatic carbocycles. The lowest BCUT2D eigenvalue weighted by Crippen LogP contribution is -2.52. The third-order valence-electron chi connectivity index (χ3n) is 7.99. The standard InChI is InChI=1S/C25H33N7O/c1-17-9-10-22-18(14-17)15-21(25(33)26-22)23(31-13-12-30-11-5-8-20(30)16-31)24-27-28-29-32(24)19-6-3-2-4-7-19/h9-10,14-15,19-20,23H,2-8,11-13,16H2,1H3,(H,26,33)/t20-,23-/m1/s1. The fraction of sp³-hybridized carbons (Fsp3) is 0.600. The molecule has 2 saturated heterocycles. The average Bonchev–Trinajstić information content (AvgIpc) is 3.50. The van der Waals surface area contributed by atoms with E-state index >= 15 is 0 Å². The maximum atomic E-state index is 13.4. The highest BCUT2D eigenvalue weighted by Crippen LogP contribution is 2.35. The van der Waals surface area contributed by atoms with Crippen molar-refractivity contribution < 1.29 is 0 Å². The van der Waals surface area contributed by atoms with E-state index < -0.39 is 0 Å². The summed E-state index contributed by atoms with van der Waals surface area (Å²) < 4.78 is 2.05. The maximum absolute atomic E-state index is 13.4. The first-order valence-corrected chi connectivity index (χ1v) is 12.6. The third kappa shape index (κ3) is 3.89. The van der Waals surface area contributed by atoms with Gasteiger partial charge in [0.15, 0.2) is 5.82 Å². The summed E-state index contributed by atoms with van der Waals surface area (Å²) in [5.41, 5.74) is 2.78. The van der Waals surface area contributed by atoms with E-state index in [1.165, 1.54) is 44.2 Å². The lowest BCUT2D eigenvalue weighted by molar-refractivity contribution is 0.0778. The number of benzene rings is 1. The van der Waals surface area contributed by atoms with Gasteiger partial charge in [0, 0.05) is 36.8 Å². The molecule has 3 aromatic rings. The Bertz CT molecular complexity index is 1190. The van der Waals surface area contributed by atoms with E-state index in [4.69, 9.17) is 0 Å². The lowest BCUT2D eigenvalue weighted by atomic mass is 9.94. The van der Waals surface area contributed by atoms with Crippen LogP contribution >= 0.6 is 0 Å². The molecule has 4 heterocycles. The first-order chi connectivity index (χ1) is 16.2. The normalized spacial score (nSPS) is 23.7.